The van der Waals surface area contributed by atoms with E-state index < -0.39 is 5.97 Å². The molecule has 87 valence electrons. The van der Waals surface area contributed by atoms with Crippen molar-refractivity contribution >= 4 is 16.9 Å². The first-order valence-corrected chi connectivity index (χ1v) is 5.57. The fourth-order valence-corrected chi connectivity index (χ4v) is 2.10. The number of aromatic carboxylic acids is 1. The molecule has 2 aromatic carbocycles. The molecule has 0 aliphatic carbocycles. The summed E-state index contributed by atoms with van der Waals surface area (Å²) >= 11 is 0. The third-order valence-corrected chi connectivity index (χ3v) is 2.93. The van der Waals surface area contributed by atoms with Gasteiger partial charge in [0.25, 0.3) is 0 Å². The predicted octanol–water partition coefficient (Wildman–Crippen LogP) is 3.13. The van der Waals surface area contributed by atoms with Crippen LogP contribution >= 0.6 is 0 Å². The van der Waals surface area contributed by atoms with E-state index >= 15 is 0 Å². The lowest BCUT2D eigenvalue weighted by Gasteiger charge is -2.08. The van der Waals surface area contributed by atoms with E-state index in [1.54, 1.807) is 18.2 Å². The van der Waals surface area contributed by atoms with Gasteiger partial charge < -0.3 is 9.67 Å². The average molecular weight is 236 g/mol. The summed E-state index contributed by atoms with van der Waals surface area (Å²) in [6.07, 6.45) is 1.88. The highest BCUT2D eigenvalue weighted by atomic mass is 16.4. The molecule has 0 aliphatic heterocycles. The zero-order chi connectivity index (χ0) is 12.5. The number of carboxylic acid groups (broad SMARTS) is 1. The van der Waals surface area contributed by atoms with E-state index in [0.29, 0.717) is 11.3 Å². The number of benzene rings is 2. The Bertz CT molecular complexity index is 728. The Balaban J connectivity index is 2.30. The zero-order valence-electron chi connectivity index (χ0n) is 9.50. The van der Waals surface area contributed by atoms with Gasteiger partial charge in [-0.15, -0.1) is 0 Å². The molecular formula is C15H10NO2. The molecule has 0 fully saturated rings. The Kier molecular flexibility index (Phi) is 2.38. The first-order chi connectivity index (χ1) is 8.77. The summed E-state index contributed by atoms with van der Waals surface area (Å²) in [5, 5.41) is 10.3. The van der Waals surface area contributed by atoms with Crippen molar-refractivity contribution in [1.82, 2.24) is 4.57 Å². The monoisotopic (exact) mass is 236 g/mol. The molecule has 0 atom stereocenters. The number of nitrogens with zero attached hydrogens (tertiary/aromatic N) is 1. The molecule has 1 N–H and O–H groups in total. The van der Waals surface area contributed by atoms with E-state index in [2.05, 4.69) is 6.07 Å². The van der Waals surface area contributed by atoms with Gasteiger partial charge in [-0.05, 0) is 36.4 Å². The predicted molar refractivity (Wildman–Crippen MR) is 69.1 cm³/mol. The van der Waals surface area contributed by atoms with Gasteiger partial charge in [0.15, 0.2) is 0 Å². The van der Waals surface area contributed by atoms with Crippen LogP contribution in [0.15, 0.2) is 54.7 Å². The van der Waals surface area contributed by atoms with Gasteiger partial charge in [-0.2, -0.15) is 0 Å². The van der Waals surface area contributed by atoms with Crippen LogP contribution in [-0.2, 0) is 0 Å². The van der Waals surface area contributed by atoms with Crippen molar-refractivity contribution in [2.24, 2.45) is 0 Å². The Hall–Kier alpha value is -2.55. The lowest BCUT2D eigenvalue weighted by molar-refractivity contribution is 0.0697. The molecule has 3 rings (SSSR count). The van der Waals surface area contributed by atoms with Crippen LogP contribution in [0.5, 0.6) is 0 Å². The number of rotatable bonds is 2. The molecule has 3 nitrogen and oxygen atoms in total. The Labute approximate surface area is 104 Å². The summed E-state index contributed by atoms with van der Waals surface area (Å²) in [4.78, 5) is 11.2. The molecule has 0 unspecified atom stereocenters. The summed E-state index contributed by atoms with van der Waals surface area (Å²) in [5.74, 6) is -0.921. The number of aromatic nitrogens is 1. The molecule has 0 bridgehead atoms. The molecule has 3 heteroatoms. The fraction of sp³-hybridized carbons (Fsp3) is 0. The van der Waals surface area contributed by atoms with Gasteiger partial charge in [-0.25, -0.2) is 4.79 Å². The molecule has 3 aromatic rings. The summed E-state index contributed by atoms with van der Waals surface area (Å²) in [6.45, 7) is 0. The van der Waals surface area contributed by atoms with Crippen molar-refractivity contribution in [3.8, 4) is 5.69 Å². The maximum Gasteiger partial charge on any atom is 0.337 e. The van der Waals surface area contributed by atoms with Gasteiger partial charge in [-0.1, -0.05) is 18.2 Å². The molecule has 1 aromatic heterocycles. The smallest absolute Gasteiger partial charge is 0.337 e. The van der Waals surface area contributed by atoms with Crippen LogP contribution in [0.25, 0.3) is 16.6 Å². The van der Waals surface area contributed by atoms with Crippen LogP contribution < -0.4 is 0 Å². The van der Waals surface area contributed by atoms with Crippen LogP contribution in [0, 0.1) is 6.07 Å². The minimum atomic E-state index is -0.921. The number of hydrogen-bond donors (Lipinski definition) is 1. The first-order valence-electron chi connectivity index (χ1n) is 5.57. The minimum Gasteiger partial charge on any atom is -0.478 e. The fourth-order valence-electron chi connectivity index (χ4n) is 2.10. The zero-order valence-corrected chi connectivity index (χ0v) is 9.50. The van der Waals surface area contributed by atoms with Crippen LogP contribution in [-0.4, -0.2) is 15.6 Å². The number of carboxylic acids is 1. The molecule has 1 radical (unpaired) electrons. The van der Waals surface area contributed by atoms with Gasteiger partial charge in [0.05, 0.1) is 16.8 Å². The highest BCUT2D eigenvalue weighted by Gasteiger charge is 2.11. The van der Waals surface area contributed by atoms with Gasteiger partial charge in [0.1, 0.15) is 0 Å². The van der Waals surface area contributed by atoms with E-state index in [9.17, 15) is 9.90 Å². The molecule has 0 saturated carbocycles. The number of hydrogen-bond acceptors (Lipinski definition) is 1. The SMILES string of the molecule is O=C(O)c1ccccc1-n1ccc2c[c]ccc21. The normalized spacial score (nSPS) is 10.7. The maximum atomic E-state index is 11.2. The number of para-hydroxylation sites is 1. The van der Waals surface area contributed by atoms with E-state index in [-0.39, 0.29) is 0 Å². The molecule has 18 heavy (non-hydrogen) atoms. The highest BCUT2D eigenvalue weighted by molar-refractivity contribution is 5.93. The van der Waals surface area contributed by atoms with E-state index in [0.717, 1.165) is 10.9 Å². The summed E-state index contributed by atoms with van der Waals surface area (Å²) < 4.78 is 1.88. The lowest BCUT2D eigenvalue weighted by atomic mass is 10.1. The maximum absolute atomic E-state index is 11.2. The average Bonchev–Trinajstić information content (AvgIpc) is 2.82. The van der Waals surface area contributed by atoms with Gasteiger partial charge in [0, 0.05) is 11.6 Å². The van der Waals surface area contributed by atoms with Gasteiger partial charge in [0.2, 0.25) is 0 Å². The van der Waals surface area contributed by atoms with Crippen LogP contribution in [0.1, 0.15) is 10.4 Å². The topological polar surface area (TPSA) is 42.2 Å². The van der Waals surface area contributed by atoms with Crippen molar-refractivity contribution in [2.75, 3.05) is 0 Å². The van der Waals surface area contributed by atoms with E-state index in [1.165, 1.54) is 0 Å². The van der Waals surface area contributed by atoms with E-state index in [4.69, 9.17) is 0 Å². The third kappa shape index (κ3) is 1.57. The van der Waals surface area contributed by atoms with Crippen molar-refractivity contribution in [2.45, 2.75) is 0 Å². The van der Waals surface area contributed by atoms with Crippen molar-refractivity contribution in [3.05, 3.63) is 66.4 Å². The Morgan fingerprint density at radius 2 is 2.00 bits per heavy atom. The molecule has 0 spiro atoms. The summed E-state index contributed by atoms with van der Waals surface area (Å²) in [6, 6.07) is 17.6. The van der Waals surface area contributed by atoms with Crippen LogP contribution in [0.4, 0.5) is 0 Å². The molecule has 0 amide bonds. The molecule has 1 heterocycles. The second-order valence-corrected chi connectivity index (χ2v) is 3.99. The number of carbonyl (C=O) groups is 1. The third-order valence-electron chi connectivity index (χ3n) is 2.93. The van der Waals surface area contributed by atoms with Crippen LogP contribution in [0.2, 0.25) is 0 Å². The summed E-state index contributed by atoms with van der Waals surface area (Å²) in [5.41, 5.74) is 1.94. The van der Waals surface area contributed by atoms with Crippen molar-refractivity contribution < 1.29 is 9.90 Å². The quantitative estimate of drug-likeness (QED) is 0.742. The highest BCUT2D eigenvalue weighted by Crippen LogP contribution is 2.22. The van der Waals surface area contributed by atoms with Crippen molar-refractivity contribution in [3.63, 3.8) is 0 Å². The van der Waals surface area contributed by atoms with Gasteiger partial charge in [-0.3, -0.25) is 0 Å². The Morgan fingerprint density at radius 1 is 1.17 bits per heavy atom. The van der Waals surface area contributed by atoms with Crippen molar-refractivity contribution in [1.29, 1.82) is 0 Å². The standard InChI is InChI=1S/C15H10NO2/c17-15(18)12-6-2-4-8-14(12)16-10-9-11-5-1-3-7-13(11)16/h2-10H,(H,17,18). The molecule has 0 aliphatic rings. The Morgan fingerprint density at radius 3 is 2.83 bits per heavy atom. The largest absolute Gasteiger partial charge is 0.478 e. The van der Waals surface area contributed by atoms with Crippen LogP contribution in [0.3, 0.4) is 0 Å². The second-order valence-electron chi connectivity index (χ2n) is 3.99. The summed E-state index contributed by atoms with van der Waals surface area (Å²) in [7, 11) is 0. The second kappa shape index (κ2) is 4.04. The number of fused-ring (bicyclic) bond motifs is 1. The molecular weight excluding hydrogens is 226 g/mol. The minimum absolute atomic E-state index is 0.294. The lowest BCUT2D eigenvalue weighted by Crippen LogP contribution is -2.04. The van der Waals surface area contributed by atoms with Gasteiger partial charge >= 0.3 is 5.97 Å². The van der Waals surface area contributed by atoms with E-state index in [1.807, 2.05) is 41.1 Å². The molecule has 0 saturated heterocycles. The first kappa shape index (κ1) is 10.6.